The zero-order valence-electron chi connectivity index (χ0n) is 29.2. The van der Waals surface area contributed by atoms with Crippen LogP contribution in [-0.2, 0) is 0 Å². The second kappa shape index (κ2) is 13.0. The number of rotatable bonds is 6. The average Bonchev–Trinajstić information content (AvgIpc) is 3.24. The maximum absolute atomic E-state index is 2.39. The molecule has 0 fully saturated rings. The molecule has 0 aromatic heterocycles. The van der Waals surface area contributed by atoms with Crippen molar-refractivity contribution >= 4 is 60.2 Å². The first kappa shape index (κ1) is 30.8. The summed E-state index contributed by atoms with van der Waals surface area (Å²) in [6.07, 6.45) is 0. The molecule has 0 N–H and O–H groups in total. The molecule has 1 nitrogen and oxygen atoms in total. The predicted octanol–water partition coefficient (Wildman–Crippen LogP) is 14.8. The van der Waals surface area contributed by atoms with E-state index in [2.05, 4.69) is 217 Å². The van der Waals surface area contributed by atoms with Crippen molar-refractivity contribution in [1.82, 2.24) is 0 Å². The molecule has 10 aromatic carbocycles. The molecule has 0 unspecified atom stereocenters. The molecule has 0 radical (unpaired) electrons. The third-order valence-electron chi connectivity index (χ3n) is 10.6. The standard InChI is InChI=1S/C52H35N/c1-2-11-36(12-3-1)38-23-28-44(29-24-38)53(46-17-10-16-42(34-46)43-22-21-37-13-4-5-15-41(37)33-43)45-30-25-40(26-31-45)51-35-52-47-18-7-6-14-39(47)27-32-50(52)48-19-8-9-20-49(48)51/h1-35H. The molecule has 0 aliphatic rings. The number of hydrogen-bond acceptors (Lipinski definition) is 1. The first-order valence-electron chi connectivity index (χ1n) is 18.3. The van der Waals surface area contributed by atoms with Gasteiger partial charge in [0.25, 0.3) is 0 Å². The van der Waals surface area contributed by atoms with Crippen LogP contribution < -0.4 is 4.90 Å². The highest BCUT2D eigenvalue weighted by Gasteiger charge is 2.16. The molecule has 0 bridgehead atoms. The Morgan fingerprint density at radius 1 is 0.226 bits per heavy atom. The quantitative estimate of drug-likeness (QED) is 0.159. The lowest BCUT2D eigenvalue weighted by Crippen LogP contribution is -2.10. The second-order valence-corrected chi connectivity index (χ2v) is 13.8. The Labute approximate surface area is 309 Å². The van der Waals surface area contributed by atoms with Gasteiger partial charge >= 0.3 is 0 Å². The average molecular weight is 674 g/mol. The summed E-state index contributed by atoms with van der Waals surface area (Å²) in [5.41, 5.74) is 10.6. The number of nitrogens with zero attached hydrogens (tertiary/aromatic N) is 1. The maximum atomic E-state index is 2.39. The normalized spacial score (nSPS) is 11.4. The Hall–Kier alpha value is -6.96. The van der Waals surface area contributed by atoms with Gasteiger partial charge in [0.2, 0.25) is 0 Å². The van der Waals surface area contributed by atoms with E-state index in [1.807, 2.05) is 0 Å². The molecule has 0 heterocycles. The Kier molecular flexibility index (Phi) is 7.55. The Morgan fingerprint density at radius 2 is 0.755 bits per heavy atom. The molecule has 0 spiro atoms. The number of anilines is 3. The molecule has 0 aliphatic carbocycles. The van der Waals surface area contributed by atoms with Crippen LogP contribution in [0.1, 0.15) is 0 Å². The minimum absolute atomic E-state index is 1.10. The van der Waals surface area contributed by atoms with E-state index in [0.717, 1.165) is 17.1 Å². The molecule has 0 aliphatic heterocycles. The van der Waals surface area contributed by atoms with Crippen molar-refractivity contribution in [3.63, 3.8) is 0 Å². The summed E-state index contributed by atoms with van der Waals surface area (Å²) < 4.78 is 0. The van der Waals surface area contributed by atoms with Crippen LogP contribution in [0.5, 0.6) is 0 Å². The van der Waals surface area contributed by atoms with Crippen LogP contribution in [0.25, 0.3) is 76.5 Å². The van der Waals surface area contributed by atoms with Crippen molar-refractivity contribution < 1.29 is 0 Å². The third kappa shape index (κ3) is 5.60. The van der Waals surface area contributed by atoms with Crippen molar-refractivity contribution in [2.45, 2.75) is 0 Å². The summed E-state index contributed by atoms with van der Waals surface area (Å²) in [5.74, 6) is 0. The Bertz CT molecular complexity index is 2920. The van der Waals surface area contributed by atoms with Crippen LogP contribution in [0.4, 0.5) is 17.1 Å². The molecule has 0 saturated carbocycles. The van der Waals surface area contributed by atoms with Gasteiger partial charge < -0.3 is 4.90 Å². The SMILES string of the molecule is c1ccc(-c2ccc(N(c3ccc(-c4cc5c6ccccc6ccc5c5ccccc45)cc3)c3cccc(-c4ccc5ccccc5c4)c3)cc2)cc1. The minimum atomic E-state index is 1.10. The zero-order valence-corrected chi connectivity index (χ0v) is 29.2. The van der Waals surface area contributed by atoms with Gasteiger partial charge in [0.1, 0.15) is 0 Å². The Morgan fingerprint density at radius 3 is 1.53 bits per heavy atom. The smallest absolute Gasteiger partial charge is 0.0467 e. The molecule has 0 saturated heterocycles. The van der Waals surface area contributed by atoms with Crippen LogP contribution in [-0.4, -0.2) is 0 Å². The van der Waals surface area contributed by atoms with Crippen molar-refractivity contribution in [3.8, 4) is 33.4 Å². The Balaban J connectivity index is 1.10. The molecule has 53 heavy (non-hydrogen) atoms. The van der Waals surface area contributed by atoms with Crippen molar-refractivity contribution in [1.29, 1.82) is 0 Å². The summed E-state index contributed by atoms with van der Waals surface area (Å²) in [4.78, 5) is 2.37. The molecule has 10 rings (SSSR count). The fourth-order valence-electron chi connectivity index (χ4n) is 7.96. The van der Waals surface area contributed by atoms with Crippen LogP contribution >= 0.6 is 0 Å². The summed E-state index contributed by atoms with van der Waals surface area (Å²) in [6, 6.07) is 77.2. The van der Waals surface area contributed by atoms with Gasteiger partial charge in [-0.2, -0.15) is 0 Å². The zero-order chi connectivity index (χ0) is 35.1. The summed E-state index contributed by atoms with van der Waals surface area (Å²) in [7, 11) is 0. The van der Waals surface area contributed by atoms with E-state index in [0.29, 0.717) is 0 Å². The molecule has 10 aromatic rings. The molecular weight excluding hydrogens is 639 g/mol. The molecule has 0 amide bonds. The fourth-order valence-corrected chi connectivity index (χ4v) is 7.96. The summed E-state index contributed by atoms with van der Waals surface area (Å²) in [6.45, 7) is 0. The highest BCUT2D eigenvalue weighted by molar-refractivity contribution is 6.21. The molecule has 248 valence electrons. The first-order valence-corrected chi connectivity index (χ1v) is 18.3. The van der Waals surface area contributed by atoms with Crippen LogP contribution in [0.15, 0.2) is 212 Å². The van der Waals surface area contributed by atoms with Crippen molar-refractivity contribution in [3.05, 3.63) is 212 Å². The van der Waals surface area contributed by atoms with E-state index in [9.17, 15) is 0 Å². The highest BCUT2D eigenvalue weighted by atomic mass is 15.1. The van der Waals surface area contributed by atoms with Crippen LogP contribution in [0, 0.1) is 0 Å². The minimum Gasteiger partial charge on any atom is -0.310 e. The van der Waals surface area contributed by atoms with Gasteiger partial charge in [-0.3, -0.25) is 0 Å². The van der Waals surface area contributed by atoms with E-state index >= 15 is 0 Å². The summed E-state index contributed by atoms with van der Waals surface area (Å²) >= 11 is 0. The highest BCUT2D eigenvalue weighted by Crippen LogP contribution is 2.41. The topological polar surface area (TPSA) is 3.24 Å². The third-order valence-corrected chi connectivity index (χ3v) is 10.6. The predicted molar refractivity (Wildman–Crippen MR) is 227 cm³/mol. The molecular formula is C52H35N. The van der Waals surface area contributed by atoms with E-state index in [-0.39, 0.29) is 0 Å². The van der Waals surface area contributed by atoms with E-state index in [4.69, 9.17) is 0 Å². The second-order valence-electron chi connectivity index (χ2n) is 13.8. The first-order chi connectivity index (χ1) is 26.3. The molecule has 1 heteroatoms. The lowest BCUT2D eigenvalue weighted by molar-refractivity contribution is 1.28. The largest absolute Gasteiger partial charge is 0.310 e. The lowest BCUT2D eigenvalue weighted by Gasteiger charge is -2.26. The van der Waals surface area contributed by atoms with Gasteiger partial charge in [-0.25, -0.2) is 0 Å². The monoisotopic (exact) mass is 673 g/mol. The summed E-state index contributed by atoms with van der Waals surface area (Å²) in [5, 5.41) is 10.2. The van der Waals surface area contributed by atoms with Gasteiger partial charge in [-0.05, 0) is 125 Å². The fraction of sp³-hybridized carbons (Fsp3) is 0. The lowest BCUT2D eigenvalue weighted by atomic mass is 9.91. The number of fused-ring (bicyclic) bond motifs is 6. The van der Waals surface area contributed by atoms with E-state index in [1.165, 1.54) is 76.5 Å². The molecule has 0 atom stereocenters. The van der Waals surface area contributed by atoms with Gasteiger partial charge in [0.15, 0.2) is 0 Å². The maximum Gasteiger partial charge on any atom is 0.0467 e. The van der Waals surface area contributed by atoms with Gasteiger partial charge in [0.05, 0.1) is 0 Å². The van der Waals surface area contributed by atoms with E-state index < -0.39 is 0 Å². The van der Waals surface area contributed by atoms with Gasteiger partial charge in [-0.1, -0.05) is 164 Å². The number of benzene rings is 10. The van der Waals surface area contributed by atoms with Crippen LogP contribution in [0.2, 0.25) is 0 Å². The van der Waals surface area contributed by atoms with Crippen LogP contribution in [0.3, 0.4) is 0 Å². The van der Waals surface area contributed by atoms with Crippen molar-refractivity contribution in [2.75, 3.05) is 4.90 Å². The number of hydrogen-bond donors (Lipinski definition) is 0. The van der Waals surface area contributed by atoms with Gasteiger partial charge in [-0.15, -0.1) is 0 Å². The van der Waals surface area contributed by atoms with Crippen molar-refractivity contribution in [2.24, 2.45) is 0 Å². The van der Waals surface area contributed by atoms with E-state index in [1.54, 1.807) is 0 Å². The van der Waals surface area contributed by atoms with Gasteiger partial charge in [0, 0.05) is 17.1 Å².